The number of aliphatic carboxylic acids is 1. The molecule has 0 rings (SSSR count). The molecule has 0 aliphatic heterocycles. The zero-order chi connectivity index (χ0) is 10.3. The highest BCUT2D eigenvalue weighted by atomic mass is 16.4. The van der Waals surface area contributed by atoms with E-state index < -0.39 is 17.7 Å². The molecule has 0 radical (unpaired) electrons. The first-order valence-electron chi connectivity index (χ1n) is 3.50. The van der Waals surface area contributed by atoms with E-state index in [0.29, 0.717) is 0 Å². The van der Waals surface area contributed by atoms with Crippen LogP contribution in [-0.2, 0) is 14.4 Å². The molecule has 0 aromatic carbocycles. The fourth-order valence-corrected chi connectivity index (χ4v) is 0.533. The van der Waals surface area contributed by atoms with Crippen molar-refractivity contribution in [3.05, 3.63) is 12.3 Å². The smallest absolute Gasteiger partial charge is 0.305 e. The Morgan fingerprint density at radius 3 is 2.46 bits per heavy atom. The van der Waals surface area contributed by atoms with Gasteiger partial charge in [-0.2, -0.15) is 0 Å². The van der Waals surface area contributed by atoms with E-state index in [2.05, 4.69) is 5.32 Å². The first kappa shape index (κ1) is 11.2. The quantitative estimate of drug-likeness (QED) is 0.362. The maximum Gasteiger partial charge on any atom is 0.305 e. The molecular formula is C7H10N2O4. The van der Waals surface area contributed by atoms with Gasteiger partial charge in [-0.1, -0.05) is 0 Å². The highest BCUT2D eigenvalue weighted by Crippen LogP contribution is 1.78. The highest BCUT2D eigenvalue weighted by Gasteiger charge is 2.08. The predicted molar refractivity (Wildman–Crippen MR) is 43.6 cm³/mol. The van der Waals surface area contributed by atoms with Crippen LogP contribution in [0.4, 0.5) is 0 Å². The summed E-state index contributed by atoms with van der Waals surface area (Å²) in [5, 5.41) is 10.3. The van der Waals surface area contributed by atoms with Gasteiger partial charge >= 0.3 is 5.97 Å². The van der Waals surface area contributed by atoms with Crippen LogP contribution in [0, 0.1) is 0 Å². The molecule has 0 aromatic rings. The van der Waals surface area contributed by atoms with Crippen LogP contribution < -0.4 is 11.1 Å². The van der Waals surface area contributed by atoms with Crippen molar-refractivity contribution in [1.82, 2.24) is 5.32 Å². The standard InChI is InChI=1S/C7H10N2O4/c8-3-1-5(10)7(13)9-4-2-6(11)12/h1,3H,2,4,8H2,(H,9,13)(H,11,12). The number of carboxylic acids is 1. The Morgan fingerprint density at radius 1 is 1.38 bits per heavy atom. The van der Waals surface area contributed by atoms with Gasteiger partial charge in [0.25, 0.3) is 5.91 Å². The van der Waals surface area contributed by atoms with Crippen LogP contribution in [0.2, 0.25) is 0 Å². The zero-order valence-electron chi connectivity index (χ0n) is 6.82. The van der Waals surface area contributed by atoms with Gasteiger partial charge in [0.15, 0.2) is 0 Å². The number of hydrogen-bond donors (Lipinski definition) is 3. The van der Waals surface area contributed by atoms with Gasteiger partial charge in [0.1, 0.15) is 0 Å². The maximum absolute atomic E-state index is 10.8. The molecule has 4 N–H and O–H groups in total. The number of nitrogens with two attached hydrogens (primary N) is 1. The molecule has 13 heavy (non-hydrogen) atoms. The Hall–Kier alpha value is -1.85. The lowest BCUT2D eigenvalue weighted by molar-refractivity contribution is -0.138. The molecule has 0 heterocycles. The third-order valence-corrected chi connectivity index (χ3v) is 1.10. The number of hydrogen-bond acceptors (Lipinski definition) is 4. The Morgan fingerprint density at radius 2 is 2.00 bits per heavy atom. The second kappa shape index (κ2) is 5.76. The highest BCUT2D eigenvalue weighted by molar-refractivity contribution is 6.40. The van der Waals surface area contributed by atoms with Crippen LogP contribution in [0.25, 0.3) is 0 Å². The molecule has 6 heteroatoms. The van der Waals surface area contributed by atoms with E-state index in [0.717, 1.165) is 12.3 Å². The van der Waals surface area contributed by atoms with Crippen molar-refractivity contribution in [3.8, 4) is 0 Å². The minimum absolute atomic E-state index is 0.0711. The average molecular weight is 186 g/mol. The third-order valence-electron chi connectivity index (χ3n) is 1.10. The number of amides is 1. The Labute approximate surface area is 74.4 Å². The number of carboxylic acid groups (broad SMARTS) is 1. The SMILES string of the molecule is NC=CC(=O)C(=O)NCCC(=O)O. The molecule has 0 aliphatic rings. The van der Waals surface area contributed by atoms with Gasteiger partial charge in [0.05, 0.1) is 6.42 Å². The summed E-state index contributed by atoms with van der Waals surface area (Å²) in [6.07, 6.45) is 1.63. The van der Waals surface area contributed by atoms with Gasteiger partial charge in [-0.15, -0.1) is 0 Å². The molecule has 72 valence electrons. The van der Waals surface area contributed by atoms with Gasteiger partial charge in [-0.25, -0.2) is 0 Å². The minimum atomic E-state index is -1.04. The molecule has 6 nitrogen and oxygen atoms in total. The second-order valence-corrected chi connectivity index (χ2v) is 2.12. The Balaban J connectivity index is 3.75. The zero-order valence-corrected chi connectivity index (χ0v) is 6.82. The van der Waals surface area contributed by atoms with Gasteiger partial charge in [0.2, 0.25) is 5.78 Å². The van der Waals surface area contributed by atoms with E-state index in [9.17, 15) is 14.4 Å². The summed E-state index contributed by atoms with van der Waals surface area (Å²) in [4.78, 5) is 31.5. The van der Waals surface area contributed by atoms with Crippen molar-refractivity contribution in [2.24, 2.45) is 5.73 Å². The van der Waals surface area contributed by atoms with Crippen molar-refractivity contribution in [1.29, 1.82) is 0 Å². The summed E-state index contributed by atoms with van der Waals surface area (Å²) >= 11 is 0. The molecule has 0 unspecified atom stereocenters. The van der Waals surface area contributed by atoms with Crippen LogP contribution in [0.3, 0.4) is 0 Å². The number of carbonyl (C=O) groups is 3. The van der Waals surface area contributed by atoms with Crippen molar-refractivity contribution >= 4 is 17.7 Å². The van der Waals surface area contributed by atoms with Crippen LogP contribution >= 0.6 is 0 Å². The van der Waals surface area contributed by atoms with Crippen LogP contribution in [0.15, 0.2) is 12.3 Å². The largest absolute Gasteiger partial charge is 0.481 e. The fraction of sp³-hybridized carbons (Fsp3) is 0.286. The lowest BCUT2D eigenvalue weighted by Crippen LogP contribution is -2.31. The van der Waals surface area contributed by atoms with E-state index in [1.807, 2.05) is 0 Å². The normalized spacial score (nSPS) is 9.85. The van der Waals surface area contributed by atoms with Crippen molar-refractivity contribution in [3.63, 3.8) is 0 Å². The molecule has 0 fully saturated rings. The lowest BCUT2D eigenvalue weighted by atomic mass is 10.3. The summed E-state index contributed by atoms with van der Waals surface area (Å²) in [6, 6.07) is 0. The van der Waals surface area contributed by atoms with Gasteiger partial charge in [0, 0.05) is 12.6 Å². The Bertz CT molecular complexity index is 247. The maximum atomic E-state index is 10.8. The molecule has 0 atom stereocenters. The van der Waals surface area contributed by atoms with Crippen molar-refractivity contribution in [2.75, 3.05) is 6.54 Å². The summed E-state index contributed by atoms with van der Waals surface area (Å²) in [5.41, 5.74) is 4.87. The molecule has 0 aliphatic carbocycles. The lowest BCUT2D eigenvalue weighted by Gasteiger charge is -1.98. The summed E-state index contributed by atoms with van der Waals surface area (Å²) in [5.74, 6) is -2.70. The van der Waals surface area contributed by atoms with E-state index >= 15 is 0 Å². The molecule has 1 amide bonds. The predicted octanol–water partition coefficient (Wildman–Crippen LogP) is -1.38. The number of ketones is 1. The summed E-state index contributed by atoms with van der Waals surface area (Å²) in [6.45, 7) is -0.0711. The number of nitrogens with one attached hydrogen (secondary N) is 1. The molecular weight excluding hydrogens is 176 g/mol. The van der Waals surface area contributed by atoms with Gasteiger partial charge < -0.3 is 16.2 Å². The molecule has 0 saturated heterocycles. The van der Waals surface area contributed by atoms with E-state index in [1.54, 1.807) is 0 Å². The molecule has 0 spiro atoms. The van der Waals surface area contributed by atoms with E-state index in [4.69, 9.17) is 10.8 Å². The second-order valence-electron chi connectivity index (χ2n) is 2.12. The van der Waals surface area contributed by atoms with Crippen LogP contribution in [0.5, 0.6) is 0 Å². The third kappa shape index (κ3) is 5.42. The van der Waals surface area contributed by atoms with Crippen molar-refractivity contribution in [2.45, 2.75) is 6.42 Å². The molecule has 0 saturated carbocycles. The summed E-state index contributed by atoms with van der Waals surface area (Å²) < 4.78 is 0. The molecule has 0 bridgehead atoms. The van der Waals surface area contributed by atoms with E-state index in [-0.39, 0.29) is 13.0 Å². The number of carbonyl (C=O) groups excluding carboxylic acids is 2. The van der Waals surface area contributed by atoms with Crippen LogP contribution in [-0.4, -0.2) is 29.3 Å². The van der Waals surface area contributed by atoms with E-state index in [1.165, 1.54) is 0 Å². The topological polar surface area (TPSA) is 109 Å². The minimum Gasteiger partial charge on any atom is -0.481 e. The van der Waals surface area contributed by atoms with Crippen molar-refractivity contribution < 1.29 is 19.5 Å². The first-order valence-corrected chi connectivity index (χ1v) is 3.50. The average Bonchev–Trinajstić information content (AvgIpc) is 2.04. The fourth-order valence-electron chi connectivity index (χ4n) is 0.533. The molecule has 0 aromatic heterocycles. The monoisotopic (exact) mass is 186 g/mol. The van der Waals surface area contributed by atoms with Gasteiger partial charge in [-0.05, 0) is 6.20 Å². The Kier molecular flexibility index (Phi) is 4.94. The first-order chi connectivity index (χ1) is 6.07. The number of rotatable bonds is 5. The summed E-state index contributed by atoms with van der Waals surface area (Å²) in [7, 11) is 0. The van der Waals surface area contributed by atoms with Gasteiger partial charge in [-0.3, -0.25) is 14.4 Å². The van der Waals surface area contributed by atoms with Crippen LogP contribution in [0.1, 0.15) is 6.42 Å².